The van der Waals surface area contributed by atoms with Crippen LogP contribution in [-0.4, -0.2) is 36.5 Å². The van der Waals surface area contributed by atoms with Crippen LogP contribution in [0.25, 0.3) is 0 Å². The van der Waals surface area contributed by atoms with E-state index in [1.807, 2.05) is 44.2 Å². The van der Waals surface area contributed by atoms with Gasteiger partial charge in [-0.15, -0.1) is 0 Å². The summed E-state index contributed by atoms with van der Waals surface area (Å²) in [4.78, 5) is 26.1. The van der Waals surface area contributed by atoms with Gasteiger partial charge in [0.2, 0.25) is 0 Å². The molecule has 0 radical (unpaired) electrons. The third-order valence-electron chi connectivity index (χ3n) is 6.67. The fourth-order valence-electron chi connectivity index (χ4n) is 4.52. The molecule has 5 nitrogen and oxygen atoms in total. The van der Waals surface area contributed by atoms with Gasteiger partial charge in [-0.3, -0.25) is 0 Å². The third-order valence-corrected chi connectivity index (χ3v) is 11.2. The molecule has 0 atom stereocenters. The maximum absolute atomic E-state index is 13.5. The van der Waals surface area contributed by atoms with Gasteiger partial charge in [-0.1, -0.05) is 0 Å². The van der Waals surface area contributed by atoms with Crippen LogP contribution < -0.4 is 5.32 Å². The van der Waals surface area contributed by atoms with Crippen molar-refractivity contribution in [2.45, 2.75) is 44.9 Å². The van der Waals surface area contributed by atoms with Crippen LogP contribution in [0.3, 0.4) is 0 Å². The van der Waals surface area contributed by atoms with Gasteiger partial charge in [-0.05, 0) is 0 Å². The van der Waals surface area contributed by atoms with E-state index in [1.54, 1.807) is 12.1 Å². The third kappa shape index (κ3) is 4.81. The Hall–Kier alpha value is -2.70. The fraction of sp³-hybridized carbons (Fsp3) is 0.400. The number of carbonyl (C=O) groups excluding carboxylic acids is 2. The Morgan fingerprint density at radius 1 is 1.13 bits per heavy atom. The molecule has 0 aromatic heterocycles. The first-order chi connectivity index (χ1) is 14.7. The molecule has 0 aliphatic heterocycles. The van der Waals surface area contributed by atoms with Crippen LogP contribution in [-0.2, 0) is 20.9 Å². The van der Waals surface area contributed by atoms with Crippen molar-refractivity contribution in [3.05, 3.63) is 64.7 Å². The van der Waals surface area contributed by atoms with Gasteiger partial charge >= 0.3 is 185 Å². The predicted molar refractivity (Wildman–Crippen MR) is 127 cm³/mol. The summed E-state index contributed by atoms with van der Waals surface area (Å²) in [6.07, 6.45) is 2.92. The minimum atomic E-state index is -2.28. The summed E-state index contributed by atoms with van der Waals surface area (Å²) in [5, 5.41) is 11.8. The fourth-order valence-corrected chi connectivity index (χ4v) is 8.07. The average Bonchev–Trinajstić information content (AvgIpc) is 2.68. The molecule has 1 fully saturated rings. The first-order valence-corrected chi connectivity index (χ1v) is 13.9. The molecule has 1 aliphatic carbocycles. The van der Waals surface area contributed by atoms with E-state index in [-0.39, 0.29) is 18.5 Å². The Morgan fingerprint density at radius 3 is 2.26 bits per heavy atom. The quantitative estimate of drug-likeness (QED) is 0.498. The summed E-state index contributed by atoms with van der Waals surface area (Å²) in [5.41, 5.74) is 4.06. The van der Waals surface area contributed by atoms with Crippen molar-refractivity contribution in [1.29, 1.82) is 5.26 Å². The van der Waals surface area contributed by atoms with E-state index in [0.717, 1.165) is 41.6 Å². The number of nitrogens with zero attached hydrogens (tertiary/aromatic N) is 1. The molecular weight excluding hydrogens is 407 g/mol. The van der Waals surface area contributed by atoms with Crippen LogP contribution in [0.4, 0.5) is 5.69 Å². The normalized spacial score (nSPS) is 15.3. The average molecular weight is 439 g/mol. The van der Waals surface area contributed by atoms with Crippen molar-refractivity contribution >= 4 is 24.8 Å². The molecule has 31 heavy (non-hydrogen) atoms. The number of anilines is 1. The monoisotopic (exact) mass is 438 g/mol. The molecule has 0 unspecified atom stereocenters. The van der Waals surface area contributed by atoms with Crippen LogP contribution in [0.1, 0.15) is 41.5 Å². The number of ether oxygens (including phenoxy) is 1. The number of nitriles is 1. The first-order valence-electron chi connectivity index (χ1n) is 10.7. The van der Waals surface area contributed by atoms with E-state index in [0.29, 0.717) is 11.7 Å². The Labute approximate surface area is 185 Å². The number of carbonyl (C=O) groups is 2. The molecule has 164 valence electrons. The summed E-state index contributed by atoms with van der Waals surface area (Å²) >= 11 is 0. The van der Waals surface area contributed by atoms with Crippen molar-refractivity contribution in [3.8, 4) is 6.07 Å². The van der Waals surface area contributed by atoms with E-state index in [4.69, 9.17) is 10.00 Å². The van der Waals surface area contributed by atoms with E-state index in [2.05, 4.69) is 24.7 Å². The van der Waals surface area contributed by atoms with Crippen LogP contribution >= 0.6 is 7.26 Å². The van der Waals surface area contributed by atoms with E-state index >= 15 is 0 Å². The van der Waals surface area contributed by atoms with Crippen molar-refractivity contribution in [1.82, 2.24) is 0 Å². The molecule has 1 aliphatic rings. The Bertz CT molecular complexity index is 998. The molecule has 1 N–H and O–H groups in total. The van der Waals surface area contributed by atoms with Crippen LogP contribution in [0.5, 0.6) is 0 Å². The standard InChI is InChI=1S/C25H31N2O3P/c1-18-13-21(15-26)14-19(2)23(18)27-24(29)25(11-8-12-25)31(3,4)17-22(28)30-16-20-9-6-5-7-10-20/h5-7,9-10,13-14,31H,8,11-12,16-17H2,1-4H3,(H,27,29). The number of aryl methyl sites for hydroxylation is 2. The second-order valence-electron chi connectivity index (χ2n) is 9.19. The number of nitrogens with one attached hydrogen (secondary N) is 1. The Kier molecular flexibility index (Phi) is 6.82. The number of amides is 1. The minimum absolute atomic E-state index is 0.00202. The summed E-state index contributed by atoms with van der Waals surface area (Å²) in [5.74, 6) is -0.229. The summed E-state index contributed by atoms with van der Waals surface area (Å²) < 4.78 is 5.52. The Balaban J connectivity index is 1.72. The molecule has 3 rings (SSSR count). The van der Waals surface area contributed by atoms with Crippen LogP contribution in [0.2, 0.25) is 0 Å². The molecular formula is C25H31N2O3P. The van der Waals surface area contributed by atoms with Crippen molar-refractivity contribution < 1.29 is 14.3 Å². The SMILES string of the molecule is Cc1cc(C#N)cc(C)c1NC(=O)C1([PH](C)(C)CC(=O)OCc2ccccc2)CCC1. The van der Waals surface area contributed by atoms with Gasteiger partial charge in [0, 0.05) is 0 Å². The number of hydrogen-bond acceptors (Lipinski definition) is 4. The van der Waals surface area contributed by atoms with Gasteiger partial charge in [-0.25, -0.2) is 0 Å². The molecule has 1 amide bonds. The first kappa shape index (κ1) is 23.0. The molecule has 0 heterocycles. The van der Waals surface area contributed by atoms with Crippen molar-refractivity contribution in [2.24, 2.45) is 0 Å². The van der Waals surface area contributed by atoms with Gasteiger partial charge in [0.05, 0.1) is 0 Å². The van der Waals surface area contributed by atoms with Crippen LogP contribution in [0, 0.1) is 25.2 Å². The van der Waals surface area contributed by atoms with Crippen molar-refractivity contribution in [3.63, 3.8) is 0 Å². The zero-order valence-corrected chi connectivity index (χ0v) is 19.7. The second-order valence-corrected chi connectivity index (χ2v) is 14.3. The zero-order chi connectivity index (χ0) is 22.6. The topological polar surface area (TPSA) is 79.2 Å². The number of esters is 1. The zero-order valence-electron chi connectivity index (χ0n) is 18.7. The second kappa shape index (κ2) is 9.20. The predicted octanol–water partition coefficient (Wildman–Crippen LogP) is 4.79. The molecule has 2 aromatic carbocycles. The van der Waals surface area contributed by atoms with Gasteiger partial charge in [0.25, 0.3) is 0 Å². The molecule has 0 bridgehead atoms. The van der Waals surface area contributed by atoms with Crippen molar-refractivity contribution in [2.75, 3.05) is 24.8 Å². The number of hydrogen-bond donors (Lipinski definition) is 1. The molecule has 0 saturated heterocycles. The summed E-state index contributed by atoms with van der Waals surface area (Å²) in [7, 11) is -2.28. The van der Waals surface area contributed by atoms with Gasteiger partial charge < -0.3 is 0 Å². The van der Waals surface area contributed by atoms with Gasteiger partial charge in [0.1, 0.15) is 0 Å². The van der Waals surface area contributed by atoms with E-state index in [9.17, 15) is 9.59 Å². The number of benzene rings is 2. The molecule has 0 spiro atoms. The molecule has 6 heteroatoms. The molecule has 1 saturated carbocycles. The molecule has 2 aromatic rings. The van der Waals surface area contributed by atoms with Gasteiger partial charge in [0.15, 0.2) is 0 Å². The summed E-state index contributed by atoms with van der Waals surface area (Å²) in [6.45, 7) is 8.30. The van der Waals surface area contributed by atoms with E-state index in [1.165, 1.54) is 0 Å². The van der Waals surface area contributed by atoms with E-state index < -0.39 is 12.4 Å². The number of rotatable bonds is 7. The summed E-state index contributed by atoms with van der Waals surface area (Å²) in [6, 6.07) is 15.4. The Morgan fingerprint density at radius 2 is 1.74 bits per heavy atom. The van der Waals surface area contributed by atoms with Gasteiger partial charge in [-0.2, -0.15) is 0 Å². The van der Waals surface area contributed by atoms with Crippen LogP contribution in [0.15, 0.2) is 42.5 Å². The maximum atomic E-state index is 13.5.